The topological polar surface area (TPSA) is 67.4 Å². The Morgan fingerprint density at radius 1 is 1.40 bits per heavy atom. The van der Waals surface area contributed by atoms with Crippen molar-refractivity contribution < 1.29 is 4.79 Å². The van der Waals surface area contributed by atoms with Crippen LogP contribution in [0.15, 0.2) is 12.4 Å². The zero-order valence-corrected chi connectivity index (χ0v) is 12.0. The summed E-state index contributed by atoms with van der Waals surface area (Å²) < 4.78 is 1.68. The Balaban J connectivity index is 1.60. The molecule has 2 saturated heterocycles. The lowest BCUT2D eigenvalue weighted by Gasteiger charge is -2.24. The Hall–Kier alpha value is -1.40. The molecule has 0 spiro atoms. The van der Waals surface area contributed by atoms with Crippen molar-refractivity contribution in [2.45, 2.75) is 31.3 Å². The molecule has 2 N–H and O–H groups in total. The van der Waals surface area contributed by atoms with Crippen LogP contribution in [0.3, 0.4) is 0 Å². The van der Waals surface area contributed by atoms with Crippen molar-refractivity contribution in [2.75, 3.05) is 26.2 Å². The number of rotatable bonds is 3. The first kappa shape index (κ1) is 13.6. The van der Waals surface area contributed by atoms with Gasteiger partial charge in [-0.1, -0.05) is 0 Å². The molecule has 2 unspecified atom stereocenters. The van der Waals surface area contributed by atoms with E-state index in [-0.39, 0.29) is 5.91 Å². The predicted molar refractivity (Wildman–Crippen MR) is 75.9 cm³/mol. The molecule has 3 rings (SSSR count). The van der Waals surface area contributed by atoms with E-state index < -0.39 is 6.04 Å². The molecule has 1 amide bonds. The highest BCUT2D eigenvalue weighted by molar-refractivity contribution is 5.83. The second-order valence-electron chi connectivity index (χ2n) is 5.89. The first-order chi connectivity index (χ1) is 9.65. The van der Waals surface area contributed by atoms with Crippen molar-refractivity contribution in [3.63, 3.8) is 0 Å². The Morgan fingerprint density at radius 3 is 2.80 bits per heavy atom. The van der Waals surface area contributed by atoms with E-state index in [0.717, 1.165) is 25.1 Å². The Bertz CT molecular complexity index is 480. The minimum Gasteiger partial charge on any atom is -0.339 e. The number of likely N-dealkylation sites (tertiary alicyclic amines) is 2. The van der Waals surface area contributed by atoms with Gasteiger partial charge >= 0.3 is 0 Å². The first-order valence-corrected chi connectivity index (χ1v) is 7.42. The third-order valence-corrected chi connectivity index (χ3v) is 4.48. The van der Waals surface area contributed by atoms with Crippen molar-refractivity contribution in [2.24, 2.45) is 12.8 Å². The third-order valence-electron chi connectivity index (χ3n) is 4.48. The van der Waals surface area contributed by atoms with Gasteiger partial charge in [-0.15, -0.1) is 0 Å². The lowest BCUT2D eigenvalue weighted by atomic mass is 10.1. The van der Waals surface area contributed by atoms with Crippen molar-refractivity contribution in [3.05, 3.63) is 18.0 Å². The predicted octanol–water partition coefficient (Wildman–Crippen LogP) is 0.117. The zero-order chi connectivity index (χ0) is 14.1. The summed E-state index contributed by atoms with van der Waals surface area (Å²) in [5, 5.41) is 4.08. The lowest BCUT2D eigenvalue weighted by Crippen LogP contribution is -2.40. The van der Waals surface area contributed by atoms with Gasteiger partial charge in [0.15, 0.2) is 0 Å². The number of hydrogen-bond donors (Lipinski definition) is 1. The van der Waals surface area contributed by atoms with Crippen molar-refractivity contribution >= 4 is 5.91 Å². The van der Waals surface area contributed by atoms with Gasteiger partial charge in [-0.3, -0.25) is 14.4 Å². The summed E-state index contributed by atoms with van der Waals surface area (Å²) >= 11 is 0. The number of carbonyl (C=O) groups is 1. The SMILES string of the molecule is Cn1cc(C(N)C(=O)N2CCC(N3CCCC3)C2)cn1. The molecule has 6 heteroatoms. The van der Waals surface area contributed by atoms with E-state index in [0.29, 0.717) is 6.04 Å². The van der Waals surface area contributed by atoms with Gasteiger partial charge in [0.2, 0.25) is 5.91 Å². The summed E-state index contributed by atoms with van der Waals surface area (Å²) in [6.07, 6.45) is 7.15. The normalized spacial score (nSPS) is 25.3. The number of nitrogens with two attached hydrogens (primary N) is 1. The molecule has 0 bridgehead atoms. The number of aromatic nitrogens is 2. The van der Waals surface area contributed by atoms with E-state index in [9.17, 15) is 4.79 Å². The maximum absolute atomic E-state index is 12.5. The maximum Gasteiger partial charge on any atom is 0.244 e. The molecule has 2 fully saturated rings. The van der Waals surface area contributed by atoms with Crippen LogP contribution in [0.25, 0.3) is 0 Å². The molecule has 1 aromatic heterocycles. The lowest BCUT2D eigenvalue weighted by molar-refractivity contribution is -0.131. The fourth-order valence-electron chi connectivity index (χ4n) is 3.29. The molecule has 0 aliphatic carbocycles. The van der Waals surface area contributed by atoms with E-state index in [1.54, 1.807) is 10.9 Å². The number of hydrogen-bond acceptors (Lipinski definition) is 4. The summed E-state index contributed by atoms with van der Waals surface area (Å²) in [7, 11) is 1.83. The van der Waals surface area contributed by atoms with Gasteiger partial charge in [-0.2, -0.15) is 5.10 Å². The van der Waals surface area contributed by atoms with Gasteiger partial charge < -0.3 is 10.6 Å². The first-order valence-electron chi connectivity index (χ1n) is 7.42. The average Bonchev–Trinajstić information content (AvgIpc) is 3.17. The molecule has 6 nitrogen and oxygen atoms in total. The summed E-state index contributed by atoms with van der Waals surface area (Å²) in [6.45, 7) is 4.02. The summed E-state index contributed by atoms with van der Waals surface area (Å²) in [5.74, 6) is 0.0275. The van der Waals surface area contributed by atoms with Gasteiger partial charge in [-0.05, 0) is 32.4 Å². The van der Waals surface area contributed by atoms with Crippen LogP contribution in [-0.4, -0.2) is 57.7 Å². The third kappa shape index (κ3) is 2.58. The van der Waals surface area contributed by atoms with Gasteiger partial charge in [0.25, 0.3) is 0 Å². The van der Waals surface area contributed by atoms with Crippen LogP contribution < -0.4 is 5.73 Å². The molecular weight excluding hydrogens is 254 g/mol. The van der Waals surface area contributed by atoms with Crippen LogP contribution in [0.2, 0.25) is 0 Å². The van der Waals surface area contributed by atoms with Crippen LogP contribution in [0.4, 0.5) is 0 Å². The number of carbonyl (C=O) groups excluding carboxylic acids is 1. The summed E-state index contributed by atoms with van der Waals surface area (Å²) in [5.41, 5.74) is 6.87. The van der Waals surface area contributed by atoms with Crippen LogP contribution in [-0.2, 0) is 11.8 Å². The molecular formula is C14H23N5O. The molecule has 2 aliphatic rings. The van der Waals surface area contributed by atoms with Gasteiger partial charge in [0, 0.05) is 37.9 Å². The fraction of sp³-hybridized carbons (Fsp3) is 0.714. The van der Waals surface area contributed by atoms with Crippen LogP contribution >= 0.6 is 0 Å². The second kappa shape index (κ2) is 5.54. The molecule has 110 valence electrons. The Morgan fingerprint density at radius 2 is 2.15 bits per heavy atom. The highest BCUT2D eigenvalue weighted by atomic mass is 16.2. The minimum absolute atomic E-state index is 0.0275. The molecule has 20 heavy (non-hydrogen) atoms. The standard InChI is InChI=1S/C14H23N5O/c1-17-9-11(8-16-17)13(15)14(20)19-7-4-12(10-19)18-5-2-3-6-18/h8-9,12-13H,2-7,10,15H2,1H3. The minimum atomic E-state index is -0.582. The van der Waals surface area contributed by atoms with E-state index in [2.05, 4.69) is 10.00 Å². The molecule has 0 radical (unpaired) electrons. The van der Waals surface area contributed by atoms with E-state index in [1.165, 1.54) is 25.9 Å². The van der Waals surface area contributed by atoms with Gasteiger partial charge in [0.05, 0.1) is 6.20 Å². The quantitative estimate of drug-likeness (QED) is 0.852. The number of amides is 1. The molecule has 3 heterocycles. The molecule has 2 atom stereocenters. The van der Waals surface area contributed by atoms with Crippen LogP contribution in [0, 0.1) is 0 Å². The smallest absolute Gasteiger partial charge is 0.244 e. The summed E-state index contributed by atoms with van der Waals surface area (Å²) in [6, 6.07) is -0.0522. The van der Waals surface area contributed by atoms with Gasteiger partial charge in [-0.25, -0.2) is 0 Å². The Kier molecular flexibility index (Phi) is 3.76. The molecule has 0 saturated carbocycles. The van der Waals surface area contributed by atoms with Gasteiger partial charge in [0.1, 0.15) is 6.04 Å². The monoisotopic (exact) mass is 277 g/mol. The van der Waals surface area contributed by atoms with Crippen LogP contribution in [0.5, 0.6) is 0 Å². The zero-order valence-electron chi connectivity index (χ0n) is 12.0. The highest BCUT2D eigenvalue weighted by Gasteiger charge is 2.33. The molecule has 1 aromatic rings. The second-order valence-corrected chi connectivity index (χ2v) is 5.89. The number of nitrogens with zero attached hydrogens (tertiary/aromatic N) is 4. The Labute approximate surface area is 119 Å². The summed E-state index contributed by atoms with van der Waals surface area (Å²) in [4.78, 5) is 16.9. The van der Waals surface area contributed by atoms with Crippen molar-refractivity contribution in [1.82, 2.24) is 19.6 Å². The fourth-order valence-corrected chi connectivity index (χ4v) is 3.29. The van der Waals surface area contributed by atoms with E-state index in [1.807, 2.05) is 18.1 Å². The average molecular weight is 277 g/mol. The van der Waals surface area contributed by atoms with Crippen LogP contribution in [0.1, 0.15) is 30.9 Å². The molecule has 2 aliphatic heterocycles. The maximum atomic E-state index is 12.5. The largest absolute Gasteiger partial charge is 0.339 e. The van der Waals surface area contributed by atoms with Crippen molar-refractivity contribution in [3.8, 4) is 0 Å². The highest BCUT2D eigenvalue weighted by Crippen LogP contribution is 2.22. The number of aryl methyl sites for hydroxylation is 1. The van der Waals surface area contributed by atoms with E-state index in [4.69, 9.17) is 5.73 Å². The van der Waals surface area contributed by atoms with Crippen molar-refractivity contribution in [1.29, 1.82) is 0 Å². The van der Waals surface area contributed by atoms with E-state index >= 15 is 0 Å². The molecule has 0 aromatic carbocycles.